The van der Waals surface area contributed by atoms with Gasteiger partial charge in [-0.1, -0.05) is 12.1 Å². The second-order valence-corrected chi connectivity index (χ2v) is 10.4. The number of methoxy groups -OCH3 is 1. The number of hydrogen-bond acceptors (Lipinski definition) is 8. The third kappa shape index (κ3) is 7.05. The number of aliphatic hydroxyl groups excluding tert-OH is 1. The van der Waals surface area contributed by atoms with Gasteiger partial charge in [-0.05, 0) is 55.7 Å². The van der Waals surface area contributed by atoms with Crippen LogP contribution >= 0.6 is 0 Å². The fourth-order valence-corrected chi connectivity index (χ4v) is 5.28. The zero-order chi connectivity index (χ0) is 28.8. The molecule has 2 aliphatic heterocycles. The van der Waals surface area contributed by atoms with Crippen LogP contribution < -0.4 is 14.8 Å². The van der Waals surface area contributed by atoms with Gasteiger partial charge in [0, 0.05) is 44.0 Å². The Kier molecular flexibility index (Phi) is 9.17. The first-order valence-corrected chi connectivity index (χ1v) is 13.9. The minimum Gasteiger partial charge on any atom is -0.493 e. The SMILES string of the molecule is COc1ccc2cc1Oc1cccc(c1)CO[C@H]1CCN(Cc3nc[nH]c3C)C[C@@H]1NC(=O)CN(CCCO)C2=O. The van der Waals surface area contributed by atoms with E-state index in [4.69, 9.17) is 14.2 Å². The number of aromatic amines is 1. The van der Waals surface area contributed by atoms with Gasteiger partial charge in [-0.2, -0.15) is 0 Å². The largest absolute Gasteiger partial charge is 0.493 e. The molecule has 2 atom stereocenters. The van der Waals surface area contributed by atoms with Crippen LogP contribution in [0.15, 0.2) is 48.8 Å². The summed E-state index contributed by atoms with van der Waals surface area (Å²) >= 11 is 0. The van der Waals surface area contributed by atoms with E-state index in [0.717, 1.165) is 29.9 Å². The number of ether oxygens (including phenoxy) is 3. The molecule has 11 nitrogen and oxygen atoms in total. The van der Waals surface area contributed by atoms with Crippen molar-refractivity contribution in [3.63, 3.8) is 0 Å². The molecule has 3 N–H and O–H groups in total. The van der Waals surface area contributed by atoms with Crippen LogP contribution in [0, 0.1) is 6.92 Å². The molecule has 4 bridgehead atoms. The van der Waals surface area contributed by atoms with Gasteiger partial charge in [0.2, 0.25) is 5.91 Å². The summed E-state index contributed by atoms with van der Waals surface area (Å²) in [5, 5.41) is 12.6. The molecule has 5 rings (SSSR count). The predicted molar refractivity (Wildman–Crippen MR) is 151 cm³/mol. The second-order valence-electron chi connectivity index (χ2n) is 10.4. The summed E-state index contributed by atoms with van der Waals surface area (Å²) in [4.78, 5) is 38.3. The Hall–Kier alpha value is -3.93. The first-order valence-electron chi connectivity index (χ1n) is 13.9. The summed E-state index contributed by atoms with van der Waals surface area (Å²) in [6.07, 6.45) is 2.54. The summed E-state index contributed by atoms with van der Waals surface area (Å²) < 4.78 is 18.0. The van der Waals surface area contributed by atoms with Crippen molar-refractivity contribution < 1.29 is 28.9 Å². The molecule has 0 saturated carbocycles. The summed E-state index contributed by atoms with van der Waals surface area (Å²) in [6.45, 7) is 4.36. The van der Waals surface area contributed by atoms with E-state index in [1.807, 2.05) is 31.2 Å². The lowest BCUT2D eigenvalue weighted by atomic mass is 10.0. The number of rotatable bonds is 6. The minimum atomic E-state index is -0.339. The number of imidazole rings is 1. The van der Waals surface area contributed by atoms with Crippen molar-refractivity contribution in [3.8, 4) is 17.2 Å². The van der Waals surface area contributed by atoms with Crippen LogP contribution in [0.25, 0.3) is 0 Å². The lowest BCUT2D eigenvalue weighted by molar-refractivity contribution is -0.125. The Labute approximate surface area is 239 Å². The van der Waals surface area contributed by atoms with E-state index in [1.165, 1.54) is 12.0 Å². The molecule has 1 aromatic heterocycles. The maximum atomic E-state index is 13.6. The number of aliphatic hydroxyl groups is 1. The molecule has 0 spiro atoms. The van der Waals surface area contributed by atoms with Crippen LogP contribution in [0.2, 0.25) is 0 Å². The Bertz CT molecular complexity index is 1360. The van der Waals surface area contributed by atoms with Crippen LogP contribution in [0.3, 0.4) is 0 Å². The van der Waals surface area contributed by atoms with E-state index in [-0.39, 0.29) is 43.7 Å². The van der Waals surface area contributed by atoms with E-state index >= 15 is 0 Å². The molecule has 0 unspecified atom stereocenters. The van der Waals surface area contributed by atoms with Crippen LogP contribution in [0.4, 0.5) is 0 Å². The number of carbonyl (C=O) groups is 2. The van der Waals surface area contributed by atoms with Crippen LogP contribution in [-0.2, 0) is 22.7 Å². The number of benzene rings is 2. The molecule has 218 valence electrons. The minimum absolute atomic E-state index is 0.0984. The van der Waals surface area contributed by atoms with Gasteiger partial charge in [-0.25, -0.2) is 4.98 Å². The van der Waals surface area contributed by atoms with Crippen molar-refractivity contribution in [2.75, 3.05) is 39.9 Å². The van der Waals surface area contributed by atoms with Crippen molar-refractivity contribution >= 4 is 11.8 Å². The topological polar surface area (TPSA) is 129 Å². The smallest absolute Gasteiger partial charge is 0.254 e. The van der Waals surface area contributed by atoms with Crippen molar-refractivity contribution in [2.24, 2.45) is 0 Å². The number of carbonyl (C=O) groups excluding carboxylic acids is 2. The zero-order valence-corrected chi connectivity index (χ0v) is 23.5. The van der Waals surface area contributed by atoms with Gasteiger partial charge in [0.25, 0.3) is 5.91 Å². The maximum Gasteiger partial charge on any atom is 0.254 e. The van der Waals surface area contributed by atoms with Crippen molar-refractivity contribution in [3.05, 3.63) is 71.3 Å². The summed E-state index contributed by atoms with van der Waals surface area (Å²) in [6, 6.07) is 12.3. The lowest BCUT2D eigenvalue weighted by Crippen LogP contribution is -2.57. The molecular formula is C30H37N5O6. The average Bonchev–Trinajstić information content (AvgIpc) is 3.38. The Morgan fingerprint density at radius 3 is 2.85 bits per heavy atom. The molecule has 2 aliphatic rings. The quantitative estimate of drug-likeness (QED) is 0.418. The van der Waals surface area contributed by atoms with Crippen molar-refractivity contribution in [1.82, 2.24) is 25.1 Å². The fourth-order valence-electron chi connectivity index (χ4n) is 5.28. The molecule has 1 saturated heterocycles. The fraction of sp³-hybridized carbons (Fsp3) is 0.433. The first-order chi connectivity index (χ1) is 19.9. The summed E-state index contributed by atoms with van der Waals surface area (Å²) in [7, 11) is 1.54. The normalized spacial score (nSPS) is 20.2. The second kappa shape index (κ2) is 13.2. The van der Waals surface area contributed by atoms with Gasteiger partial charge in [0.05, 0.1) is 44.4 Å². The molecule has 0 aliphatic carbocycles. The number of aryl methyl sites for hydroxylation is 1. The van der Waals surface area contributed by atoms with Gasteiger partial charge in [-0.15, -0.1) is 0 Å². The Morgan fingerprint density at radius 1 is 1.20 bits per heavy atom. The highest BCUT2D eigenvalue weighted by atomic mass is 16.5. The van der Waals surface area contributed by atoms with E-state index in [2.05, 4.69) is 20.2 Å². The first kappa shape index (κ1) is 28.6. The number of piperidine rings is 1. The summed E-state index contributed by atoms with van der Waals surface area (Å²) in [5.41, 5.74) is 3.28. The van der Waals surface area contributed by atoms with E-state index in [1.54, 1.807) is 24.5 Å². The van der Waals surface area contributed by atoms with Crippen LogP contribution in [-0.4, -0.2) is 88.7 Å². The molecule has 11 heteroatoms. The molecule has 1 fully saturated rings. The van der Waals surface area contributed by atoms with Crippen molar-refractivity contribution in [1.29, 1.82) is 0 Å². The van der Waals surface area contributed by atoms with Gasteiger partial charge >= 0.3 is 0 Å². The molecular weight excluding hydrogens is 526 g/mol. The lowest BCUT2D eigenvalue weighted by Gasteiger charge is -2.39. The molecule has 2 aromatic carbocycles. The summed E-state index contributed by atoms with van der Waals surface area (Å²) in [5.74, 6) is 0.825. The van der Waals surface area contributed by atoms with E-state index < -0.39 is 0 Å². The van der Waals surface area contributed by atoms with Crippen LogP contribution in [0.1, 0.15) is 40.2 Å². The average molecular weight is 564 g/mol. The van der Waals surface area contributed by atoms with E-state index in [9.17, 15) is 14.7 Å². The van der Waals surface area contributed by atoms with Gasteiger partial charge < -0.3 is 34.5 Å². The molecule has 2 amide bonds. The third-order valence-corrected chi connectivity index (χ3v) is 7.50. The number of aromatic nitrogens is 2. The van der Waals surface area contributed by atoms with Gasteiger partial charge in [0.1, 0.15) is 5.75 Å². The number of amides is 2. The molecule has 41 heavy (non-hydrogen) atoms. The number of likely N-dealkylation sites (tertiary alicyclic amines) is 1. The highest BCUT2D eigenvalue weighted by molar-refractivity contribution is 5.97. The predicted octanol–water partition coefficient (Wildman–Crippen LogP) is 2.63. The van der Waals surface area contributed by atoms with Gasteiger partial charge in [0.15, 0.2) is 11.5 Å². The Morgan fingerprint density at radius 2 is 2.07 bits per heavy atom. The number of H-pyrrole nitrogens is 1. The highest BCUT2D eigenvalue weighted by Gasteiger charge is 2.32. The molecule has 0 radical (unpaired) electrons. The van der Waals surface area contributed by atoms with E-state index in [0.29, 0.717) is 48.9 Å². The number of nitrogens with one attached hydrogen (secondary N) is 2. The number of nitrogens with zero attached hydrogens (tertiary/aromatic N) is 3. The highest BCUT2D eigenvalue weighted by Crippen LogP contribution is 2.33. The number of fused-ring (bicyclic) bond motifs is 5. The monoisotopic (exact) mass is 563 g/mol. The van der Waals surface area contributed by atoms with Crippen LogP contribution in [0.5, 0.6) is 17.2 Å². The standard InChI is InChI=1S/C30H37N5O6/c1-20-24(32-19-31-20)15-34-11-9-26-25(16-34)33-29(37)17-35(10-4-12-36)30(38)22-7-8-27(39-2)28(14-22)41-23-6-3-5-21(13-23)18-40-26/h3,5-8,13-14,19,25-26,36H,4,9-12,15-18H2,1-2H3,(H,31,32)(H,33,37)/t25-,26-/m0/s1. The van der Waals surface area contributed by atoms with Gasteiger partial charge in [-0.3, -0.25) is 14.5 Å². The van der Waals surface area contributed by atoms with Crippen molar-refractivity contribution in [2.45, 2.75) is 45.1 Å². The zero-order valence-electron chi connectivity index (χ0n) is 23.5. The number of hydrogen-bond donors (Lipinski definition) is 3. The maximum absolute atomic E-state index is 13.6. The third-order valence-electron chi connectivity index (χ3n) is 7.50. The molecule has 3 heterocycles. The molecule has 3 aromatic rings. The Balaban J connectivity index is 1.44.